The maximum atomic E-state index is 4.22. The van der Waals surface area contributed by atoms with Gasteiger partial charge in [-0.15, -0.1) is 0 Å². The summed E-state index contributed by atoms with van der Waals surface area (Å²) in [4.78, 5) is 4.22. The molecule has 0 aromatic carbocycles. The quantitative estimate of drug-likeness (QED) is 0.447. The number of aliphatic imine (C=N–C) groups is 1. The van der Waals surface area contributed by atoms with E-state index in [0.717, 1.165) is 12.8 Å². The van der Waals surface area contributed by atoms with E-state index < -0.39 is 0 Å². The average Bonchev–Trinajstić information content (AvgIpc) is 2.68. The van der Waals surface area contributed by atoms with Crippen LogP contribution in [-0.4, -0.2) is 5.55 Å². The van der Waals surface area contributed by atoms with Crippen molar-refractivity contribution in [3.05, 3.63) is 23.3 Å². The van der Waals surface area contributed by atoms with Crippen molar-refractivity contribution in [1.82, 2.24) is 0 Å². The summed E-state index contributed by atoms with van der Waals surface area (Å²) in [5.74, 6) is 0. The number of thioether (sulfide) groups is 1. The van der Waals surface area contributed by atoms with Crippen LogP contribution in [0.1, 0.15) is 19.8 Å². The highest BCUT2D eigenvalue weighted by Gasteiger charge is 2.17. The molecule has 0 N–H and O–H groups in total. The van der Waals surface area contributed by atoms with Gasteiger partial charge in [-0.3, -0.25) is 4.99 Å². The molecule has 1 rings (SSSR count). The molecule has 0 saturated carbocycles. The van der Waals surface area contributed by atoms with Crippen LogP contribution < -0.4 is 0 Å². The van der Waals surface area contributed by atoms with Crippen LogP contribution in [0.2, 0.25) is 0 Å². The summed E-state index contributed by atoms with van der Waals surface area (Å²) in [6, 6.07) is 0. The fourth-order valence-electron chi connectivity index (χ4n) is 0.761. The first kappa shape index (κ1) is 7.61. The van der Waals surface area contributed by atoms with E-state index in [1.807, 2.05) is 5.55 Å². The highest BCUT2D eigenvalue weighted by atomic mass is 32.2. The van der Waals surface area contributed by atoms with E-state index in [4.69, 9.17) is 0 Å². The Morgan fingerprint density at radius 1 is 1.80 bits per heavy atom. The lowest BCUT2D eigenvalue weighted by molar-refractivity contribution is 1.15. The van der Waals surface area contributed by atoms with Gasteiger partial charge in [0.1, 0.15) is 0 Å². The van der Waals surface area contributed by atoms with Crippen molar-refractivity contribution in [2.24, 2.45) is 4.99 Å². The van der Waals surface area contributed by atoms with Crippen molar-refractivity contribution in [1.29, 1.82) is 0 Å². The second-order valence-electron chi connectivity index (χ2n) is 2.12. The van der Waals surface area contributed by atoms with Gasteiger partial charge in [0, 0.05) is 12.1 Å². The van der Waals surface area contributed by atoms with Gasteiger partial charge >= 0.3 is 0 Å². The van der Waals surface area contributed by atoms with Crippen molar-refractivity contribution in [2.75, 3.05) is 0 Å². The molecule has 0 fully saturated rings. The van der Waals surface area contributed by atoms with Crippen LogP contribution in [-0.2, 0) is 0 Å². The third-order valence-corrected chi connectivity index (χ3v) is 1.88. The van der Waals surface area contributed by atoms with Gasteiger partial charge in [0.2, 0.25) is 0 Å². The Labute approximate surface area is 65.9 Å². The zero-order valence-electron chi connectivity index (χ0n) is 6.13. The van der Waals surface area contributed by atoms with E-state index in [-0.39, 0.29) is 0 Å². The molecule has 10 heavy (non-hydrogen) atoms. The van der Waals surface area contributed by atoms with Gasteiger partial charge in [0.25, 0.3) is 0 Å². The zero-order chi connectivity index (χ0) is 7.40. The SMILES string of the molecule is C=CSC=NC1=C(CC)C1. The number of rotatable bonds is 4. The molecule has 1 aliphatic rings. The summed E-state index contributed by atoms with van der Waals surface area (Å²) >= 11 is 1.53. The van der Waals surface area contributed by atoms with Crippen LogP contribution in [0.25, 0.3) is 0 Å². The van der Waals surface area contributed by atoms with Gasteiger partial charge in [0.05, 0.1) is 5.55 Å². The summed E-state index contributed by atoms with van der Waals surface area (Å²) in [7, 11) is 0. The Kier molecular flexibility index (Phi) is 2.75. The summed E-state index contributed by atoms with van der Waals surface area (Å²) in [6.07, 6.45) is 2.29. The maximum Gasteiger partial charge on any atom is 0.0641 e. The minimum absolute atomic E-state index is 1.13. The molecule has 0 aliphatic heterocycles. The molecule has 0 aromatic heterocycles. The number of allylic oxidation sites excluding steroid dienone is 2. The molecule has 2 heteroatoms. The Balaban J connectivity index is 2.27. The summed E-state index contributed by atoms with van der Waals surface area (Å²) in [6.45, 7) is 5.74. The fraction of sp³-hybridized carbons (Fsp3) is 0.375. The normalized spacial score (nSPS) is 16.5. The van der Waals surface area contributed by atoms with E-state index >= 15 is 0 Å². The summed E-state index contributed by atoms with van der Waals surface area (Å²) < 4.78 is 0. The van der Waals surface area contributed by atoms with E-state index in [2.05, 4.69) is 18.5 Å². The van der Waals surface area contributed by atoms with Gasteiger partial charge in [-0.1, -0.05) is 25.3 Å². The summed E-state index contributed by atoms with van der Waals surface area (Å²) in [5, 5.41) is 1.78. The Hall–Kier alpha value is -0.500. The monoisotopic (exact) mass is 153 g/mol. The van der Waals surface area contributed by atoms with E-state index in [0.29, 0.717) is 0 Å². The minimum Gasteiger partial charge on any atom is -0.254 e. The minimum atomic E-state index is 1.13. The smallest absolute Gasteiger partial charge is 0.0641 e. The van der Waals surface area contributed by atoms with E-state index in [1.165, 1.54) is 23.0 Å². The highest BCUT2D eigenvalue weighted by molar-refractivity contribution is 8.14. The van der Waals surface area contributed by atoms with Crippen molar-refractivity contribution < 1.29 is 0 Å². The molecule has 1 aliphatic carbocycles. The topological polar surface area (TPSA) is 12.4 Å². The molecule has 0 amide bonds. The van der Waals surface area contributed by atoms with Crippen LogP contribution in [0.5, 0.6) is 0 Å². The third-order valence-electron chi connectivity index (χ3n) is 1.46. The molecular weight excluding hydrogens is 142 g/mol. The second kappa shape index (κ2) is 3.62. The number of hydrogen-bond donors (Lipinski definition) is 0. The van der Waals surface area contributed by atoms with Gasteiger partial charge in [-0.05, 0) is 17.4 Å². The predicted molar refractivity (Wildman–Crippen MR) is 48.2 cm³/mol. The molecule has 0 radical (unpaired) electrons. The predicted octanol–water partition coefficient (Wildman–Crippen LogP) is 2.96. The molecule has 0 heterocycles. The second-order valence-corrected chi connectivity index (χ2v) is 2.93. The van der Waals surface area contributed by atoms with Gasteiger partial charge in [-0.25, -0.2) is 0 Å². The molecule has 0 atom stereocenters. The standard InChI is InChI=1S/C8H11NS/c1-3-7-5-8(7)9-6-10-4-2/h4,6H,2-3,5H2,1H3. The van der Waals surface area contributed by atoms with Crippen molar-refractivity contribution in [2.45, 2.75) is 19.8 Å². The first-order chi connectivity index (χ1) is 4.88. The molecular formula is C8H11NS. The summed E-state index contributed by atoms with van der Waals surface area (Å²) in [5.41, 5.74) is 4.61. The Bertz CT molecular complexity index is 191. The third kappa shape index (κ3) is 2.03. The van der Waals surface area contributed by atoms with Crippen molar-refractivity contribution >= 4 is 17.3 Å². The van der Waals surface area contributed by atoms with Crippen LogP contribution >= 0.6 is 11.8 Å². The molecule has 54 valence electrons. The van der Waals surface area contributed by atoms with E-state index in [1.54, 1.807) is 5.41 Å². The molecule has 0 spiro atoms. The molecule has 0 saturated heterocycles. The Morgan fingerprint density at radius 3 is 3.10 bits per heavy atom. The molecule has 1 nitrogen and oxygen atoms in total. The van der Waals surface area contributed by atoms with Crippen LogP contribution in [0.3, 0.4) is 0 Å². The van der Waals surface area contributed by atoms with Gasteiger partial charge < -0.3 is 0 Å². The van der Waals surface area contributed by atoms with Gasteiger partial charge in [0.15, 0.2) is 0 Å². The molecule has 0 unspecified atom stereocenters. The molecule has 0 bridgehead atoms. The van der Waals surface area contributed by atoms with Crippen LogP contribution in [0, 0.1) is 0 Å². The zero-order valence-corrected chi connectivity index (χ0v) is 6.95. The lowest BCUT2D eigenvalue weighted by atomic mass is 10.4. The van der Waals surface area contributed by atoms with Crippen LogP contribution in [0.4, 0.5) is 0 Å². The lowest BCUT2D eigenvalue weighted by Crippen LogP contribution is -1.56. The van der Waals surface area contributed by atoms with E-state index in [9.17, 15) is 0 Å². The van der Waals surface area contributed by atoms with Crippen molar-refractivity contribution in [3.63, 3.8) is 0 Å². The average molecular weight is 153 g/mol. The fourth-order valence-corrected chi connectivity index (χ4v) is 1.04. The first-order valence-corrected chi connectivity index (χ1v) is 4.32. The maximum absolute atomic E-state index is 4.22. The van der Waals surface area contributed by atoms with Gasteiger partial charge in [-0.2, -0.15) is 0 Å². The first-order valence-electron chi connectivity index (χ1n) is 3.38. The lowest BCUT2D eigenvalue weighted by Gasteiger charge is -1.75. The molecule has 0 aromatic rings. The van der Waals surface area contributed by atoms with Crippen molar-refractivity contribution in [3.8, 4) is 0 Å². The Morgan fingerprint density at radius 2 is 2.60 bits per heavy atom. The number of hydrogen-bond acceptors (Lipinski definition) is 2. The highest BCUT2D eigenvalue weighted by Crippen LogP contribution is 2.34. The van der Waals surface area contributed by atoms with Crippen LogP contribution in [0.15, 0.2) is 28.2 Å². The largest absolute Gasteiger partial charge is 0.254 e. The number of nitrogens with zero attached hydrogens (tertiary/aromatic N) is 1.